The summed E-state index contributed by atoms with van der Waals surface area (Å²) in [6.45, 7) is 4.43. The lowest BCUT2D eigenvalue weighted by Gasteiger charge is -2.27. The fourth-order valence-electron chi connectivity index (χ4n) is 5.06. The van der Waals surface area contributed by atoms with Crippen LogP contribution in [0, 0.1) is 0 Å². The van der Waals surface area contributed by atoms with Crippen LogP contribution in [0.1, 0.15) is 71.5 Å². The molecule has 0 aromatic heterocycles. The van der Waals surface area contributed by atoms with Gasteiger partial charge >= 0.3 is 23.9 Å². The molecular weight excluding hydrogens is 520 g/mol. The van der Waals surface area contributed by atoms with Gasteiger partial charge in [0.15, 0.2) is 5.78 Å². The Bertz CT molecular complexity index is 1520. The second-order valence-corrected chi connectivity index (χ2v) is 8.99. The Balaban J connectivity index is 1.72. The van der Waals surface area contributed by atoms with Crippen molar-refractivity contribution in [1.82, 2.24) is 0 Å². The van der Waals surface area contributed by atoms with Crippen molar-refractivity contribution in [3.63, 3.8) is 0 Å². The fourth-order valence-corrected chi connectivity index (χ4v) is 5.06. The third-order valence-electron chi connectivity index (χ3n) is 6.23. The third-order valence-corrected chi connectivity index (χ3v) is 6.23. The zero-order valence-corrected chi connectivity index (χ0v) is 20.9. The number of ketones is 2. The van der Waals surface area contributed by atoms with Gasteiger partial charge in [-0.3, -0.25) is 33.5 Å². The molecule has 1 saturated heterocycles. The molecule has 3 aliphatic rings. The summed E-state index contributed by atoms with van der Waals surface area (Å²) >= 11 is 0. The SMILES string of the molecule is CC(=O)Oc1ccc(OC(C)=O)c2c1C(=O)c1cc3c(c(O)c1C2=O)[C@]1(OC(C)=O)C[C@H](OC(C)=O)O[C@@H]1O3. The number of hydrogen-bond donors (Lipinski definition) is 1. The van der Waals surface area contributed by atoms with Gasteiger partial charge in [-0.1, -0.05) is 0 Å². The van der Waals surface area contributed by atoms with Gasteiger partial charge in [-0.2, -0.15) is 0 Å². The van der Waals surface area contributed by atoms with Crippen LogP contribution in [0.5, 0.6) is 23.0 Å². The van der Waals surface area contributed by atoms with Crippen LogP contribution in [0.25, 0.3) is 0 Å². The molecule has 0 amide bonds. The van der Waals surface area contributed by atoms with E-state index in [9.17, 15) is 33.9 Å². The fraction of sp³-hybridized carbons (Fsp3) is 0.308. The number of phenols is 1. The first-order valence-electron chi connectivity index (χ1n) is 11.6. The number of benzene rings is 2. The van der Waals surface area contributed by atoms with E-state index in [-0.39, 0.29) is 40.4 Å². The van der Waals surface area contributed by atoms with Crippen molar-refractivity contribution in [2.24, 2.45) is 0 Å². The molecule has 2 aliphatic heterocycles. The van der Waals surface area contributed by atoms with Gasteiger partial charge in [0, 0.05) is 33.3 Å². The van der Waals surface area contributed by atoms with Crippen LogP contribution in [0.4, 0.5) is 0 Å². The summed E-state index contributed by atoms with van der Waals surface area (Å²) in [5.74, 6) is -6.30. The molecule has 0 unspecified atom stereocenters. The summed E-state index contributed by atoms with van der Waals surface area (Å²) in [5.41, 5.74) is -3.60. The first kappa shape index (κ1) is 25.9. The molecule has 2 heterocycles. The summed E-state index contributed by atoms with van der Waals surface area (Å²) in [4.78, 5) is 74.5. The summed E-state index contributed by atoms with van der Waals surface area (Å²) in [5, 5.41) is 11.4. The highest BCUT2D eigenvalue weighted by Gasteiger charge is 2.63. The summed E-state index contributed by atoms with van der Waals surface area (Å²) in [6, 6.07) is 3.53. The highest BCUT2D eigenvalue weighted by molar-refractivity contribution is 6.31. The number of carbonyl (C=O) groups is 6. The van der Waals surface area contributed by atoms with Crippen molar-refractivity contribution < 1.29 is 62.3 Å². The van der Waals surface area contributed by atoms with E-state index in [4.69, 9.17) is 28.4 Å². The molecule has 1 N–H and O–H groups in total. The monoisotopic (exact) mass is 540 g/mol. The number of esters is 4. The molecule has 0 radical (unpaired) electrons. The van der Waals surface area contributed by atoms with Gasteiger partial charge in [0.25, 0.3) is 0 Å². The normalized spacial score (nSPS) is 22.1. The quantitative estimate of drug-likeness (QED) is 0.374. The Morgan fingerprint density at radius 1 is 0.872 bits per heavy atom. The molecule has 0 bridgehead atoms. The molecule has 1 fully saturated rings. The van der Waals surface area contributed by atoms with Crippen molar-refractivity contribution in [1.29, 1.82) is 0 Å². The van der Waals surface area contributed by atoms with Crippen LogP contribution >= 0.6 is 0 Å². The molecular formula is C26H20O13. The van der Waals surface area contributed by atoms with Crippen LogP contribution in [0.3, 0.4) is 0 Å². The zero-order valence-electron chi connectivity index (χ0n) is 20.9. The van der Waals surface area contributed by atoms with E-state index in [1.807, 2.05) is 0 Å². The van der Waals surface area contributed by atoms with Gasteiger partial charge in [0.1, 0.15) is 23.0 Å². The lowest BCUT2D eigenvalue weighted by molar-refractivity contribution is -0.204. The van der Waals surface area contributed by atoms with E-state index in [1.54, 1.807) is 0 Å². The first-order valence-corrected chi connectivity index (χ1v) is 11.6. The maximum Gasteiger partial charge on any atom is 0.308 e. The van der Waals surface area contributed by atoms with Gasteiger partial charge in [-0.25, -0.2) is 0 Å². The van der Waals surface area contributed by atoms with Gasteiger partial charge in [-0.15, -0.1) is 0 Å². The minimum Gasteiger partial charge on any atom is -0.507 e. The van der Waals surface area contributed by atoms with E-state index in [1.165, 1.54) is 12.1 Å². The number of aromatic hydroxyl groups is 1. The van der Waals surface area contributed by atoms with E-state index in [2.05, 4.69) is 0 Å². The molecule has 3 atom stereocenters. The molecule has 2 aromatic rings. The van der Waals surface area contributed by atoms with Crippen molar-refractivity contribution in [3.8, 4) is 23.0 Å². The van der Waals surface area contributed by atoms with Crippen molar-refractivity contribution in [2.45, 2.75) is 52.3 Å². The molecule has 39 heavy (non-hydrogen) atoms. The van der Waals surface area contributed by atoms with Crippen LogP contribution in [0.2, 0.25) is 0 Å². The van der Waals surface area contributed by atoms with Crippen LogP contribution in [0.15, 0.2) is 18.2 Å². The highest BCUT2D eigenvalue weighted by Crippen LogP contribution is 2.58. The lowest BCUT2D eigenvalue weighted by Crippen LogP contribution is -2.38. The topological polar surface area (TPSA) is 178 Å². The average molecular weight is 540 g/mol. The minimum absolute atomic E-state index is 0.131. The molecule has 5 rings (SSSR count). The Kier molecular flexibility index (Phi) is 5.91. The number of phenolic OH excluding ortho intramolecular Hbond substituents is 1. The number of rotatable bonds is 4. The van der Waals surface area contributed by atoms with Crippen LogP contribution in [-0.2, 0) is 39.0 Å². The lowest BCUT2D eigenvalue weighted by atomic mass is 9.79. The Morgan fingerprint density at radius 3 is 2.00 bits per heavy atom. The van der Waals surface area contributed by atoms with Crippen molar-refractivity contribution in [3.05, 3.63) is 46.0 Å². The first-order chi connectivity index (χ1) is 18.3. The largest absolute Gasteiger partial charge is 0.507 e. The van der Waals surface area contributed by atoms with Gasteiger partial charge in [0.2, 0.25) is 24.0 Å². The Hall–Kier alpha value is -4.78. The molecule has 13 nitrogen and oxygen atoms in total. The molecule has 1 aliphatic carbocycles. The second kappa shape index (κ2) is 8.91. The van der Waals surface area contributed by atoms with Gasteiger partial charge < -0.3 is 28.8 Å². The Labute approximate surface area is 219 Å². The number of ether oxygens (including phenoxy) is 6. The van der Waals surface area contributed by atoms with Crippen molar-refractivity contribution >= 4 is 35.4 Å². The third kappa shape index (κ3) is 3.98. The summed E-state index contributed by atoms with van der Waals surface area (Å²) in [7, 11) is 0. The number of hydrogen-bond acceptors (Lipinski definition) is 13. The Morgan fingerprint density at radius 2 is 1.46 bits per heavy atom. The van der Waals surface area contributed by atoms with Crippen molar-refractivity contribution in [2.75, 3.05) is 0 Å². The molecule has 13 heteroatoms. The van der Waals surface area contributed by atoms with E-state index >= 15 is 0 Å². The number of carbonyl (C=O) groups excluding carboxylic acids is 6. The maximum atomic E-state index is 13.8. The second-order valence-electron chi connectivity index (χ2n) is 8.99. The molecule has 2 aromatic carbocycles. The summed E-state index contributed by atoms with van der Waals surface area (Å²) < 4.78 is 32.3. The maximum absolute atomic E-state index is 13.8. The highest BCUT2D eigenvalue weighted by atomic mass is 16.8. The molecule has 202 valence electrons. The minimum atomic E-state index is -1.83. The smallest absolute Gasteiger partial charge is 0.308 e. The molecule has 0 spiro atoms. The van der Waals surface area contributed by atoms with E-state index in [0.717, 1.165) is 33.8 Å². The zero-order chi connectivity index (χ0) is 28.4. The predicted octanol–water partition coefficient (Wildman–Crippen LogP) is 1.80. The van der Waals surface area contributed by atoms with E-state index in [0.29, 0.717) is 0 Å². The van der Waals surface area contributed by atoms with E-state index < -0.39 is 70.5 Å². The average Bonchev–Trinajstić information content (AvgIpc) is 3.26. The number of fused-ring (bicyclic) bond motifs is 5. The molecule has 0 saturated carbocycles. The summed E-state index contributed by atoms with van der Waals surface area (Å²) in [6.07, 6.45) is -2.89. The predicted molar refractivity (Wildman–Crippen MR) is 123 cm³/mol. The van der Waals surface area contributed by atoms with Crippen LogP contribution < -0.4 is 14.2 Å². The van der Waals surface area contributed by atoms with Gasteiger partial charge in [-0.05, 0) is 18.2 Å². The standard InChI is InChI=1S/C26H20O13/c1-9(27)34-14-5-6-15(35-10(2)28)20-19(14)22(31)13-7-16-21(24(33)18(13)23(20)32)26(39-12(4)30)8-17(36-11(3)29)38-25(26)37-16/h5-7,17,25,33H,8H2,1-4H3/t17-,25+,26-/m1/s1. The van der Waals surface area contributed by atoms with Gasteiger partial charge in [0.05, 0.1) is 28.7 Å². The van der Waals surface area contributed by atoms with Crippen LogP contribution in [-0.4, -0.2) is 53.1 Å².